The Hall–Kier alpha value is -2.17. The average Bonchev–Trinajstić information content (AvgIpc) is 2.80. The molecule has 0 aromatic carbocycles. The van der Waals surface area contributed by atoms with Gasteiger partial charge in [-0.25, -0.2) is 18.4 Å². The Balaban J connectivity index is 2.56. The van der Waals surface area contributed by atoms with E-state index >= 15 is 0 Å². The summed E-state index contributed by atoms with van der Waals surface area (Å²) >= 11 is 0. The SMILES string of the molecule is CCS(=O)(=O)CC(=NO)c1nc2cc(C(F)(F)F)cnc2n1C. The zero-order valence-electron chi connectivity index (χ0n) is 12.2. The van der Waals surface area contributed by atoms with Crippen LogP contribution in [0.4, 0.5) is 13.2 Å². The lowest BCUT2D eigenvalue weighted by Gasteiger charge is -2.05. The Morgan fingerprint density at radius 1 is 1.43 bits per heavy atom. The zero-order chi connectivity index (χ0) is 17.4. The van der Waals surface area contributed by atoms with Crippen LogP contribution in [0, 0.1) is 0 Å². The molecule has 0 bridgehead atoms. The molecular weight excluding hydrogens is 337 g/mol. The van der Waals surface area contributed by atoms with Crippen LogP contribution in [0.15, 0.2) is 17.4 Å². The van der Waals surface area contributed by atoms with Gasteiger partial charge in [-0.15, -0.1) is 0 Å². The number of imidazole rings is 1. The molecule has 2 aromatic heterocycles. The van der Waals surface area contributed by atoms with Crippen molar-refractivity contribution in [1.82, 2.24) is 14.5 Å². The maximum absolute atomic E-state index is 12.7. The standard InChI is InChI=1S/C12H13F3N4O3S/c1-3-23(21,22)6-9(18-20)11-17-8-4-7(12(13,14)15)5-16-10(8)19(11)2/h4-5,20H,3,6H2,1-2H3. The summed E-state index contributed by atoms with van der Waals surface area (Å²) in [6, 6.07) is 0.801. The summed E-state index contributed by atoms with van der Waals surface area (Å²) < 4.78 is 62.7. The number of aryl methyl sites for hydroxylation is 1. The van der Waals surface area contributed by atoms with Crippen LogP contribution in [0.25, 0.3) is 11.2 Å². The number of rotatable bonds is 4. The molecule has 0 atom stereocenters. The van der Waals surface area contributed by atoms with E-state index in [1.165, 1.54) is 18.5 Å². The Morgan fingerprint density at radius 2 is 2.09 bits per heavy atom. The highest BCUT2D eigenvalue weighted by molar-refractivity contribution is 7.92. The van der Waals surface area contributed by atoms with E-state index < -0.39 is 27.3 Å². The van der Waals surface area contributed by atoms with Gasteiger partial charge in [-0.3, -0.25) is 0 Å². The molecule has 23 heavy (non-hydrogen) atoms. The lowest BCUT2D eigenvalue weighted by molar-refractivity contribution is -0.137. The maximum atomic E-state index is 12.7. The largest absolute Gasteiger partial charge is 0.417 e. The van der Waals surface area contributed by atoms with Gasteiger partial charge in [0.25, 0.3) is 0 Å². The van der Waals surface area contributed by atoms with Crippen molar-refractivity contribution >= 4 is 26.7 Å². The highest BCUT2D eigenvalue weighted by Crippen LogP contribution is 2.30. The van der Waals surface area contributed by atoms with Gasteiger partial charge >= 0.3 is 6.18 Å². The first-order chi connectivity index (χ1) is 10.6. The first kappa shape index (κ1) is 17.2. The smallest absolute Gasteiger partial charge is 0.411 e. The molecule has 1 N–H and O–H groups in total. The molecule has 0 aliphatic heterocycles. The first-order valence-electron chi connectivity index (χ1n) is 6.40. The van der Waals surface area contributed by atoms with E-state index in [2.05, 4.69) is 15.1 Å². The number of nitrogens with zero attached hydrogens (tertiary/aromatic N) is 4. The van der Waals surface area contributed by atoms with Crippen molar-refractivity contribution < 1.29 is 26.8 Å². The van der Waals surface area contributed by atoms with E-state index in [-0.39, 0.29) is 28.5 Å². The molecule has 11 heteroatoms. The third kappa shape index (κ3) is 3.44. The van der Waals surface area contributed by atoms with Gasteiger partial charge in [0.05, 0.1) is 11.3 Å². The molecule has 0 saturated carbocycles. The van der Waals surface area contributed by atoms with E-state index in [0.29, 0.717) is 6.20 Å². The summed E-state index contributed by atoms with van der Waals surface area (Å²) in [7, 11) is -2.07. The number of fused-ring (bicyclic) bond motifs is 1. The highest BCUT2D eigenvalue weighted by Gasteiger charge is 2.32. The molecule has 2 rings (SSSR count). The molecule has 0 radical (unpaired) electrons. The van der Waals surface area contributed by atoms with Gasteiger partial charge in [-0.1, -0.05) is 12.1 Å². The number of oxime groups is 1. The Morgan fingerprint density at radius 3 is 2.61 bits per heavy atom. The molecule has 2 aromatic rings. The molecule has 0 aliphatic rings. The van der Waals surface area contributed by atoms with Crippen LogP contribution in [0.1, 0.15) is 18.3 Å². The molecule has 2 heterocycles. The number of halogens is 3. The van der Waals surface area contributed by atoms with Gasteiger partial charge in [-0.2, -0.15) is 13.2 Å². The van der Waals surface area contributed by atoms with Gasteiger partial charge < -0.3 is 9.77 Å². The van der Waals surface area contributed by atoms with Crippen LogP contribution in [-0.4, -0.2) is 45.4 Å². The lowest BCUT2D eigenvalue weighted by atomic mass is 10.2. The average molecular weight is 350 g/mol. The fourth-order valence-corrected chi connectivity index (χ4v) is 2.75. The number of alkyl halides is 3. The summed E-state index contributed by atoms with van der Waals surface area (Å²) in [5.41, 5.74) is -1.20. The van der Waals surface area contributed by atoms with Gasteiger partial charge in [0.2, 0.25) is 0 Å². The molecule has 0 spiro atoms. The van der Waals surface area contributed by atoms with Gasteiger partial charge in [0.1, 0.15) is 11.2 Å². The number of aromatic nitrogens is 3. The topological polar surface area (TPSA) is 97.4 Å². The predicted molar refractivity (Wildman–Crippen MR) is 76.2 cm³/mol. The van der Waals surface area contributed by atoms with Crippen LogP contribution in [0.2, 0.25) is 0 Å². The molecule has 0 aliphatic carbocycles. The third-order valence-electron chi connectivity index (χ3n) is 3.21. The molecule has 0 amide bonds. The number of hydrogen-bond donors (Lipinski definition) is 1. The van der Waals surface area contributed by atoms with Gasteiger partial charge in [0, 0.05) is 19.0 Å². The highest BCUT2D eigenvalue weighted by atomic mass is 32.2. The number of sulfone groups is 1. The van der Waals surface area contributed by atoms with Gasteiger partial charge in [-0.05, 0) is 6.07 Å². The summed E-state index contributed by atoms with van der Waals surface area (Å²) in [4.78, 5) is 7.62. The van der Waals surface area contributed by atoms with Crippen LogP contribution < -0.4 is 0 Å². The van der Waals surface area contributed by atoms with Crippen molar-refractivity contribution in [3.8, 4) is 0 Å². The fourth-order valence-electron chi connectivity index (χ4n) is 1.94. The minimum atomic E-state index is -4.57. The second-order valence-corrected chi connectivity index (χ2v) is 7.14. The summed E-state index contributed by atoms with van der Waals surface area (Å²) in [6.07, 6.45) is -3.91. The van der Waals surface area contributed by atoms with Crippen molar-refractivity contribution in [1.29, 1.82) is 0 Å². The molecule has 0 unspecified atom stereocenters. The Kier molecular flexibility index (Phi) is 4.33. The second-order valence-electron chi connectivity index (χ2n) is 4.78. The van der Waals surface area contributed by atoms with Crippen LogP contribution in [-0.2, 0) is 23.1 Å². The molecule has 126 valence electrons. The van der Waals surface area contributed by atoms with Crippen molar-refractivity contribution in [3.05, 3.63) is 23.7 Å². The third-order valence-corrected chi connectivity index (χ3v) is 4.80. The monoisotopic (exact) mass is 350 g/mol. The van der Waals surface area contributed by atoms with Crippen molar-refractivity contribution in [3.63, 3.8) is 0 Å². The summed E-state index contributed by atoms with van der Waals surface area (Å²) in [6.45, 7) is 1.43. The first-order valence-corrected chi connectivity index (χ1v) is 8.22. The van der Waals surface area contributed by atoms with Crippen molar-refractivity contribution in [2.24, 2.45) is 12.2 Å². The minimum Gasteiger partial charge on any atom is -0.411 e. The number of hydrogen-bond acceptors (Lipinski definition) is 6. The van der Waals surface area contributed by atoms with Crippen molar-refractivity contribution in [2.75, 3.05) is 11.5 Å². The normalized spacial score (nSPS) is 13.7. The Labute approximate surface area is 129 Å². The van der Waals surface area contributed by atoms with Crippen molar-refractivity contribution in [2.45, 2.75) is 13.1 Å². The Bertz CT molecular complexity index is 872. The maximum Gasteiger partial charge on any atom is 0.417 e. The van der Waals surface area contributed by atoms with Crippen LogP contribution in [0.5, 0.6) is 0 Å². The molecular formula is C12H13F3N4O3S. The van der Waals surface area contributed by atoms with E-state index in [1.807, 2.05) is 0 Å². The van der Waals surface area contributed by atoms with Crippen LogP contribution >= 0.6 is 0 Å². The zero-order valence-corrected chi connectivity index (χ0v) is 13.0. The van der Waals surface area contributed by atoms with Gasteiger partial charge in [0.15, 0.2) is 21.3 Å². The molecule has 0 saturated heterocycles. The summed E-state index contributed by atoms with van der Waals surface area (Å²) in [5, 5.41) is 12.0. The van der Waals surface area contributed by atoms with E-state index in [0.717, 1.165) is 6.07 Å². The summed E-state index contributed by atoms with van der Waals surface area (Å²) in [5.74, 6) is -0.818. The quantitative estimate of drug-likeness (QED) is 0.513. The molecule has 0 fully saturated rings. The van der Waals surface area contributed by atoms with E-state index in [4.69, 9.17) is 5.21 Å². The van der Waals surface area contributed by atoms with E-state index in [1.54, 1.807) is 0 Å². The fraction of sp³-hybridized carbons (Fsp3) is 0.417. The predicted octanol–water partition coefficient (Wildman–Crippen LogP) is 1.60. The number of pyridine rings is 1. The van der Waals surface area contributed by atoms with Crippen LogP contribution in [0.3, 0.4) is 0 Å². The molecule has 7 nitrogen and oxygen atoms in total. The lowest BCUT2D eigenvalue weighted by Crippen LogP contribution is -2.21. The minimum absolute atomic E-state index is 0.0636. The second kappa shape index (κ2) is 5.80. The van der Waals surface area contributed by atoms with E-state index in [9.17, 15) is 21.6 Å².